The van der Waals surface area contributed by atoms with E-state index in [-0.39, 0.29) is 5.91 Å². The number of carbonyl (C=O) groups is 2. The van der Waals surface area contributed by atoms with Crippen LogP contribution >= 0.6 is 11.6 Å². The van der Waals surface area contributed by atoms with Gasteiger partial charge in [-0.05, 0) is 18.2 Å². The number of amides is 2. The summed E-state index contributed by atoms with van der Waals surface area (Å²) in [6, 6.07) is 15.8. The number of benzene rings is 2. The van der Waals surface area contributed by atoms with Gasteiger partial charge in [0.15, 0.2) is 0 Å². The zero-order valence-electron chi connectivity index (χ0n) is 11.8. The SMILES string of the molecule is O=C1[C@H]2C(c3ccccc3Cl)=NO[C@H]2C(=O)N1c1ccccc1. The number of nitrogens with zero attached hydrogens (tertiary/aromatic N) is 2. The number of rotatable bonds is 2. The van der Waals surface area contributed by atoms with E-state index in [4.69, 9.17) is 16.4 Å². The molecule has 0 aliphatic carbocycles. The Morgan fingerprint density at radius 3 is 2.39 bits per heavy atom. The van der Waals surface area contributed by atoms with E-state index in [9.17, 15) is 9.59 Å². The lowest BCUT2D eigenvalue weighted by Gasteiger charge is -2.15. The Labute approximate surface area is 137 Å². The van der Waals surface area contributed by atoms with Crippen LogP contribution in [-0.2, 0) is 14.4 Å². The molecule has 0 bridgehead atoms. The van der Waals surface area contributed by atoms with Gasteiger partial charge in [0.2, 0.25) is 12.0 Å². The zero-order valence-corrected chi connectivity index (χ0v) is 12.6. The summed E-state index contributed by atoms with van der Waals surface area (Å²) < 4.78 is 0. The summed E-state index contributed by atoms with van der Waals surface area (Å²) in [5, 5.41) is 4.41. The number of para-hydroxylation sites is 1. The maximum absolute atomic E-state index is 12.8. The summed E-state index contributed by atoms with van der Waals surface area (Å²) in [4.78, 5) is 31.7. The summed E-state index contributed by atoms with van der Waals surface area (Å²) in [5.41, 5.74) is 1.54. The minimum absolute atomic E-state index is 0.345. The summed E-state index contributed by atoms with van der Waals surface area (Å²) in [5.74, 6) is -1.51. The number of oxime groups is 1. The molecule has 2 amide bonds. The average molecular weight is 327 g/mol. The first-order chi connectivity index (χ1) is 11.2. The molecule has 1 fully saturated rings. The van der Waals surface area contributed by atoms with E-state index in [1.165, 1.54) is 0 Å². The van der Waals surface area contributed by atoms with Crippen molar-refractivity contribution in [2.75, 3.05) is 4.90 Å². The largest absolute Gasteiger partial charge is 0.381 e. The Kier molecular flexibility index (Phi) is 3.16. The van der Waals surface area contributed by atoms with Gasteiger partial charge in [-0.1, -0.05) is 53.2 Å². The minimum Gasteiger partial charge on any atom is -0.381 e. The van der Waals surface area contributed by atoms with E-state index < -0.39 is 17.9 Å². The first-order valence-electron chi connectivity index (χ1n) is 7.10. The number of carbonyl (C=O) groups excluding carboxylic acids is 2. The fraction of sp³-hybridized carbons (Fsp3) is 0.118. The molecular weight excluding hydrogens is 316 g/mol. The van der Waals surface area contributed by atoms with Gasteiger partial charge in [0.1, 0.15) is 11.6 Å². The fourth-order valence-electron chi connectivity index (χ4n) is 2.90. The number of imide groups is 1. The van der Waals surface area contributed by atoms with Crippen LogP contribution in [0.25, 0.3) is 0 Å². The Morgan fingerprint density at radius 2 is 1.65 bits per heavy atom. The molecule has 2 heterocycles. The lowest BCUT2D eigenvalue weighted by atomic mass is 9.94. The van der Waals surface area contributed by atoms with E-state index in [0.29, 0.717) is 22.0 Å². The van der Waals surface area contributed by atoms with Crippen molar-refractivity contribution in [1.82, 2.24) is 0 Å². The Morgan fingerprint density at radius 1 is 0.957 bits per heavy atom. The minimum atomic E-state index is -0.922. The number of hydrogen-bond acceptors (Lipinski definition) is 4. The number of anilines is 1. The Balaban J connectivity index is 1.74. The van der Waals surface area contributed by atoms with Crippen molar-refractivity contribution in [1.29, 1.82) is 0 Å². The van der Waals surface area contributed by atoms with Gasteiger partial charge in [0, 0.05) is 10.6 Å². The van der Waals surface area contributed by atoms with Crippen LogP contribution in [0.1, 0.15) is 5.56 Å². The molecule has 1 saturated heterocycles. The van der Waals surface area contributed by atoms with Crippen molar-refractivity contribution in [2.45, 2.75) is 6.10 Å². The molecule has 4 rings (SSSR count). The van der Waals surface area contributed by atoms with Crippen molar-refractivity contribution < 1.29 is 14.4 Å². The molecule has 6 heteroatoms. The van der Waals surface area contributed by atoms with Crippen LogP contribution in [0.3, 0.4) is 0 Å². The predicted octanol–water partition coefficient (Wildman–Crippen LogP) is 2.63. The Bertz CT molecular complexity index is 835. The van der Waals surface area contributed by atoms with Gasteiger partial charge < -0.3 is 4.84 Å². The molecule has 23 heavy (non-hydrogen) atoms. The molecule has 2 aliphatic rings. The van der Waals surface area contributed by atoms with Gasteiger partial charge in [0.05, 0.1) is 5.69 Å². The highest BCUT2D eigenvalue weighted by molar-refractivity contribution is 6.38. The number of fused-ring (bicyclic) bond motifs is 1. The standard InChI is InChI=1S/C17H11ClN2O3/c18-12-9-5-4-8-11(12)14-13-15(23-19-14)17(22)20(16(13)21)10-6-2-1-3-7-10/h1-9,13,15H/t13-,15+/m0/s1. The fourth-order valence-corrected chi connectivity index (χ4v) is 3.13. The number of hydrogen-bond donors (Lipinski definition) is 0. The third kappa shape index (κ3) is 2.04. The van der Waals surface area contributed by atoms with Crippen LogP contribution in [-0.4, -0.2) is 23.6 Å². The second kappa shape index (κ2) is 5.21. The van der Waals surface area contributed by atoms with Gasteiger partial charge >= 0.3 is 0 Å². The maximum Gasteiger partial charge on any atom is 0.278 e. The van der Waals surface area contributed by atoms with E-state index in [1.54, 1.807) is 48.5 Å². The predicted molar refractivity (Wildman–Crippen MR) is 85.3 cm³/mol. The molecule has 2 aromatic rings. The van der Waals surface area contributed by atoms with E-state index in [2.05, 4.69) is 5.16 Å². The molecule has 2 atom stereocenters. The van der Waals surface area contributed by atoms with Gasteiger partial charge in [-0.25, -0.2) is 4.90 Å². The quantitative estimate of drug-likeness (QED) is 0.797. The second-order valence-electron chi connectivity index (χ2n) is 5.31. The number of halogens is 1. The smallest absolute Gasteiger partial charge is 0.278 e. The third-order valence-electron chi connectivity index (χ3n) is 3.98. The molecule has 2 aromatic carbocycles. The molecule has 0 N–H and O–H groups in total. The first kappa shape index (κ1) is 14.0. The monoisotopic (exact) mass is 326 g/mol. The van der Waals surface area contributed by atoms with Crippen LogP contribution in [0.4, 0.5) is 5.69 Å². The lowest BCUT2D eigenvalue weighted by molar-refractivity contribution is -0.126. The van der Waals surface area contributed by atoms with Crippen LogP contribution in [0.5, 0.6) is 0 Å². The molecule has 0 aromatic heterocycles. The lowest BCUT2D eigenvalue weighted by Crippen LogP contribution is -2.33. The average Bonchev–Trinajstić information content (AvgIpc) is 3.10. The zero-order chi connectivity index (χ0) is 16.0. The van der Waals surface area contributed by atoms with E-state index in [1.807, 2.05) is 6.07 Å². The van der Waals surface area contributed by atoms with Crippen molar-refractivity contribution in [3.63, 3.8) is 0 Å². The van der Waals surface area contributed by atoms with Crippen LogP contribution in [0.15, 0.2) is 59.8 Å². The molecular formula is C17H11ClN2O3. The van der Waals surface area contributed by atoms with E-state index >= 15 is 0 Å². The summed E-state index contributed by atoms with van der Waals surface area (Å²) >= 11 is 6.19. The topological polar surface area (TPSA) is 59.0 Å². The highest BCUT2D eigenvalue weighted by atomic mass is 35.5. The van der Waals surface area contributed by atoms with Gasteiger partial charge in [-0.3, -0.25) is 9.59 Å². The third-order valence-corrected chi connectivity index (χ3v) is 4.31. The second-order valence-corrected chi connectivity index (χ2v) is 5.71. The van der Waals surface area contributed by atoms with Gasteiger partial charge in [-0.2, -0.15) is 0 Å². The maximum atomic E-state index is 12.8. The van der Waals surface area contributed by atoms with Gasteiger partial charge in [0.25, 0.3) is 5.91 Å². The normalized spacial score (nSPS) is 22.8. The van der Waals surface area contributed by atoms with Crippen LogP contribution in [0.2, 0.25) is 5.02 Å². The molecule has 0 spiro atoms. The van der Waals surface area contributed by atoms with Crippen molar-refractivity contribution in [2.24, 2.45) is 11.1 Å². The molecule has 0 radical (unpaired) electrons. The molecule has 0 unspecified atom stereocenters. The molecule has 0 saturated carbocycles. The van der Waals surface area contributed by atoms with Crippen molar-refractivity contribution in [3.05, 3.63) is 65.2 Å². The van der Waals surface area contributed by atoms with Crippen LogP contribution < -0.4 is 4.90 Å². The highest BCUT2D eigenvalue weighted by Crippen LogP contribution is 2.36. The molecule has 5 nitrogen and oxygen atoms in total. The summed E-state index contributed by atoms with van der Waals surface area (Å²) in [7, 11) is 0. The first-order valence-corrected chi connectivity index (χ1v) is 7.48. The van der Waals surface area contributed by atoms with Gasteiger partial charge in [-0.15, -0.1) is 0 Å². The molecule has 114 valence electrons. The van der Waals surface area contributed by atoms with Crippen molar-refractivity contribution >= 4 is 34.8 Å². The van der Waals surface area contributed by atoms with Crippen molar-refractivity contribution in [3.8, 4) is 0 Å². The molecule has 2 aliphatic heterocycles. The van der Waals surface area contributed by atoms with E-state index in [0.717, 1.165) is 4.90 Å². The summed E-state index contributed by atoms with van der Waals surface area (Å²) in [6.07, 6.45) is -0.922. The van der Waals surface area contributed by atoms with Crippen LogP contribution in [0, 0.1) is 5.92 Å². The highest BCUT2D eigenvalue weighted by Gasteiger charge is 2.56. The Hall–Kier alpha value is -2.66. The summed E-state index contributed by atoms with van der Waals surface area (Å²) in [6.45, 7) is 0.